The summed E-state index contributed by atoms with van der Waals surface area (Å²) in [5.74, 6) is 1.88. The summed E-state index contributed by atoms with van der Waals surface area (Å²) in [6.07, 6.45) is 11.1. The fourth-order valence-electron chi connectivity index (χ4n) is 9.56. The van der Waals surface area contributed by atoms with Gasteiger partial charge < -0.3 is 43.3 Å². The molecule has 2 aromatic heterocycles. The van der Waals surface area contributed by atoms with Crippen LogP contribution in [0, 0.1) is 11.3 Å². The Morgan fingerprint density at radius 1 is 0.532 bits per heavy atom. The van der Waals surface area contributed by atoms with Gasteiger partial charge in [0, 0.05) is 68.8 Å². The lowest BCUT2D eigenvalue weighted by atomic mass is 10.1. The van der Waals surface area contributed by atoms with E-state index in [0.29, 0.717) is 0 Å². The first-order valence-corrected chi connectivity index (χ1v) is 27.0. The number of carbonyl (C=O) groups is 1. The van der Waals surface area contributed by atoms with Crippen LogP contribution in [0.25, 0.3) is 28.8 Å². The van der Waals surface area contributed by atoms with Crippen molar-refractivity contribution >= 4 is 86.7 Å². The van der Waals surface area contributed by atoms with Gasteiger partial charge in [0.1, 0.15) is 34.6 Å². The molecule has 11 nitrogen and oxygen atoms in total. The van der Waals surface area contributed by atoms with E-state index in [1.165, 1.54) is 17.4 Å². The lowest BCUT2D eigenvalue weighted by Crippen LogP contribution is -2.13. The molecule has 0 saturated heterocycles. The van der Waals surface area contributed by atoms with E-state index in [2.05, 4.69) is 179 Å². The van der Waals surface area contributed by atoms with Crippen molar-refractivity contribution in [1.29, 1.82) is 5.26 Å². The predicted molar refractivity (Wildman–Crippen MR) is 323 cm³/mol. The number of unbranched alkanes of at least 4 members (excludes halogenated alkanes) is 3. The van der Waals surface area contributed by atoms with E-state index in [4.69, 9.17) is 18.9 Å². The maximum Gasteiger partial charge on any atom is 0.346 e. The second-order valence-electron chi connectivity index (χ2n) is 18.7. The molecular weight excluding hydrogens is 1000 g/mol. The van der Waals surface area contributed by atoms with Gasteiger partial charge >= 0.3 is 5.97 Å². The molecule has 0 fully saturated rings. The van der Waals surface area contributed by atoms with Crippen molar-refractivity contribution in [2.24, 2.45) is 7.05 Å². The Bertz CT molecular complexity index is 3320. The third-order valence-corrected chi connectivity index (χ3v) is 15.0. The number of thiophene rings is 1. The molecule has 7 aromatic carbocycles. The summed E-state index contributed by atoms with van der Waals surface area (Å²) in [5.41, 5.74) is 12.7. The SMILES string of the molecule is CCCCCCc1cc(/C=C(\C#N)C(=O)O)sc1-c1ccc(/C=C/c2ccc(N(c3ccc(N(c4ccc(OC)cc4)c4ccc(OC)cc4)cc3)c3ccc(N(c4ccc(OC)cc4)c4ccc(OC)cc4)cc3)cc2)n1C. The molecule has 0 amide bonds. The summed E-state index contributed by atoms with van der Waals surface area (Å²) in [4.78, 5) is 20.3. The third-order valence-electron chi connectivity index (χ3n) is 13.8. The van der Waals surface area contributed by atoms with Gasteiger partial charge in [0.25, 0.3) is 0 Å². The number of rotatable bonds is 23. The van der Waals surface area contributed by atoms with Crippen molar-refractivity contribution in [2.75, 3.05) is 43.1 Å². The Morgan fingerprint density at radius 3 is 1.24 bits per heavy atom. The molecule has 0 radical (unpaired) electrons. The van der Waals surface area contributed by atoms with Crippen molar-refractivity contribution in [2.45, 2.75) is 39.0 Å². The van der Waals surface area contributed by atoms with Crippen molar-refractivity contribution in [3.05, 3.63) is 215 Å². The second-order valence-corrected chi connectivity index (χ2v) is 19.8. The Labute approximate surface area is 467 Å². The van der Waals surface area contributed by atoms with Gasteiger partial charge in [0.15, 0.2) is 0 Å². The molecule has 0 aliphatic heterocycles. The summed E-state index contributed by atoms with van der Waals surface area (Å²) in [6.45, 7) is 2.20. The number of anilines is 9. The quantitative estimate of drug-likeness (QED) is 0.0377. The Kier molecular flexibility index (Phi) is 17.6. The van der Waals surface area contributed by atoms with E-state index in [0.717, 1.165) is 139 Å². The first-order chi connectivity index (χ1) is 38.6. The highest BCUT2D eigenvalue weighted by molar-refractivity contribution is 7.16. The number of hydrogen-bond acceptors (Lipinski definition) is 10. The highest BCUT2D eigenvalue weighted by Crippen LogP contribution is 2.43. The van der Waals surface area contributed by atoms with Crippen molar-refractivity contribution < 1.29 is 28.8 Å². The van der Waals surface area contributed by atoms with Crippen LogP contribution in [-0.2, 0) is 18.3 Å². The Morgan fingerprint density at radius 2 is 0.899 bits per heavy atom. The number of carboxylic acids is 1. The van der Waals surface area contributed by atoms with Crippen LogP contribution < -0.4 is 33.6 Å². The molecule has 0 unspecified atom stereocenters. The largest absolute Gasteiger partial charge is 0.497 e. The van der Waals surface area contributed by atoms with Crippen LogP contribution >= 0.6 is 11.3 Å². The fourth-order valence-corrected chi connectivity index (χ4v) is 10.8. The smallest absolute Gasteiger partial charge is 0.346 e. The number of benzene rings is 7. The minimum absolute atomic E-state index is 0.276. The van der Waals surface area contributed by atoms with Gasteiger partial charge in [0.2, 0.25) is 0 Å². The predicted octanol–water partition coefficient (Wildman–Crippen LogP) is 17.5. The third kappa shape index (κ3) is 12.7. The first-order valence-electron chi connectivity index (χ1n) is 26.2. The molecular formula is C67H63N5O6S. The second kappa shape index (κ2) is 25.6. The standard InChI is InChI=1S/C67H63N5O6S/c1-7-8-9-10-11-48-44-64(45-49(46-68)67(73)74)79-66(48)65-43-34-50(69(65)2)15-12-47-13-16-51(17-14-47)70(52-18-22-54(23-19-52)71(56-26-35-60(75-3)36-27-56)57-28-37-61(76-4)38-29-57)53-20-24-55(25-21-53)72(58-30-39-62(77-5)40-31-58)59-32-41-63(78-6)42-33-59/h12-45H,7-11H2,1-6H3,(H,73,74)/b15-12+,49-45+. The molecule has 0 aliphatic rings. The van der Waals surface area contributed by atoms with Crippen LogP contribution in [0.5, 0.6) is 23.0 Å². The molecule has 0 atom stereocenters. The number of methoxy groups -OCH3 is 4. The molecule has 12 heteroatoms. The van der Waals surface area contributed by atoms with E-state index in [-0.39, 0.29) is 5.57 Å². The zero-order chi connectivity index (χ0) is 55.3. The van der Waals surface area contributed by atoms with E-state index in [1.807, 2.05) is 60.7 Å². The van der Waals surface area contributed by atoms with Gasteiger partial charge in [-0.05, 0) is 212 Å². The number of aryl methyl sites for hydroxylation is 1. The van der Waals surface area contributed by atoms with Crippen LogP contribution in [0.4, 0.5) is 51.2 Å². The van der Waals surface area contributed by atoms with Crippen LogP contribution in [0.3, 0.4) is 0 Å². The number of ether oxygens (including phenoxy) is 4. The molecule has 2 heterocycles. The van der Waals surface area contributed by atoms with E-state index in [9.17, 15) is 15.2 Å². The summed E-state index contributed by atoms with van der Waals surface area (Å²) in [5, 5.41) is 19.1. The number of aliphatic carboxylic acids is 1. The Balaban J connectivity index is 1.06. The molecule has 1 N–H and O–H groups in total. The highest BCUT2D eigenvalue weighted by atomic mass is 32.1. The fraction of sp³-hybridized carbons (Fsp3) is 0.164. The minimum Gasteiger partial charge on any atom is -0.497 e. The van der Waals surface area contributed by atoms with E-state index >= 15 is 0 Å². The molecule has 79 heavy (non-hydrogen) atoms. The molecule has 0 bridgehead atoms. The van der Waals surface area contributed by atoms with Crippen molar-refractivity contribution in [3.63, 3.8) is 0 Å². The van der Waals surface area contributed by atoms with Gasteiger partial charge in [-0.25, -0.2) is 4.79 Å². The van der Waals surface area contributed by atoms with Crippen LogP contribution in [0.2, 0.25) is 0 Å². The van der Waals surface area contributed by atoms with Gasteiger partial charge in [-0.2, -0.15) is 5.26 Å². The Hall–Kier alpha value is -9.44. The molecule has 0 spiro atoms. The number of nitrogens with zero attached hydrogens (tertiary/aromatic N) is 5. The zero-order valence-corrected chi connectivity index (χ0v) is 46.1. The lowest BCUT2D eigenvalue weighted by molar-refractivity contribution is -0.132. The minimum atomic E-state index is -1.23. The average molecular weight is 1070 g/mol. The maximum atomic E-state index is 11.7. The normalized spacial score (nSPS) is 11.3. The van der Waals surface area contributed by atoms with Gasteiger partial charge in [0.05, 0.1) is 39.0 Å². The van der Waals surface area contributed by atoms with Gasteiger partial charge in [-0.15, -0.1) is 11.3 Å². The number of carboxylic acid groups (broad SMARTS) is 1. The molecule has 0 aliphatic carbocycles. The highest BCUT2D eigenvalue weighted by Gasteiger charge is 2.20. The summed E-state index contributed by atoms with van der Waals surface area (Å²) in [7, 11) is 8.74. The van der Waals surface area contributed by atoms with Crippen molar-refractivity contribution in [1.82, 2.24) is 4.57 Å². The maximum absolute atomic E-state index is 11.7. The number of nitriles is 1. The summed E-state index contributed by atoms with van der Waals surface area (Å²) < 4.78 is 24.2. The van der Waals surface area contributed by atoms with Crippen molar-refractivity contribution in [3.8, 4) is 39.6 Å². The topological polar surface area (TPSA) is 113 Å². The van der Waals surface area contributed by atoms with Crippen LogP contribution in [-0.4, -0.2) is 44.1 Å². The van der Waals surface area contributed by atoms with Gasteiger partial charge in [-0.3, -0.25) is 0 Å². The molecule has 9 aromatic rings. The van der Waals surface area contributed by atoms with Crippen LogP contribution in [0.15, 0.2) is 194 Å². The number of hydrogen-bond donors (Lipinski definition) is 1. The molecule has 0 saturated carbocycles. The molecule has 9 rings (SSSR count). The lowest BCUT2D eigenvalue weighted by Gasteiger charge is -2.29. The van der Waals surface area contributed by atoms with Gasteiger partial charge in [-0.1, -0.05) is 44.4 Å². The summed E-state index contributed by atoms with van der Waals surface area (Å²) >= 11 is 1.52. The average Bonchev–Trinajstić information content (AvgIpc) is 4.08. The zero-order valence-electron chi connectivity index (χ0n) is 45.3. The summed E-state index contributed by atoms with van der Waals surface area (Å²) in [6, 6.07) is 66.1. The van der Waals surface area contributed by atoms with Crippen LogP contribution in [0.1, 0.15) is 54.3 Å². The number of aromatic nitrogens is 1. The first kappa shape index (κ1) is 54.4. The monoisotopic (exact) mass is 1070 g/mol. The van der Waals surface area contributed by atoms with E-state index < -0.39 is 5.97 Å². The van der Waals surface area contributed by atoms with E-state index in [1.54, 1.807) is 28.4 Å². The molecule has 398 valence electrons.